The zero-order valence-corrected chi connectivity index (χ0v) is 25.5. The second-order valence-corrected chi connectivity index (χ2v) is 11.5. The number of H-pyrrole nitrogens is 1. The highest BCUT2D eigenvalue weighted by Gasteiger charge is 2.25. The number of piperidine rings is 1. The zero-order valence-electron chi connectivity index (χ0n) is 23.2. The Bertz CT molecular complexity index is 1440. The lowest BCUT2D eigenvalue weighted by molar-refractivity contribution is -0.111. The molecule has 10 nitrogen and oxygen atoms in total. The SMILES string of the molecule is CN(C)CC=CC(=O)Nc1cccc(CN2CCC(NC(=O)c3[nH]ncc3NC(=O)c3c(Cl)cc(Cl)cc3Cl)CC2)c1. The summed E-state index contributed by atoms with van der Waals surface area (Å²) in [5, 5.41) is 15.6. The maximum absolute atomic E-state index is 13.0. The van der Waals surface area contributed by atoms with Crippen LogP contribution in [0.2, 0.25) is 15.1 Å². The monoisotopic (exact) mass is 631 g/mol. The van der Waals surface area contributed by atoms with Crippen molar-refractivity contribution in [3.63, 3.8) is 0 Å². The number of benzene rings is 2. The molecule has 2 heterocycles. The van der Waals surface area contributed by atoms with Gasteiger partial charge in [0.05, 0.1) is 27.5 Å². The first-order chi connectivity index (χ1) is 20.1. The molecule has 0 bridgehead atoms. The molecule has 13 heteroatoms. The second kappa shape index (κ2) is 14.7. The number of nitrogens with one attached hydrogen (secondary N) is 4. The van der Waals surface area contributed by atoms with Crippen molar-refractivity contribution in [3.05, 3.63) is 86.6 Å². The van der Waals surface area contributed by atoms with E-state index in [1.54, 1.807) is 0 Å². The van der Waals surface area contributed by atoms with E-state index in [9.17, 15) is 14.4 Å². The summed E-state index contributed by atoms with van der Waals surface area (Å²) in [6.07, 6.45) is 6.22. The number of aromatic nitrogens is 2. The first-order valence-corrected chi connectivity index (χ1v) is 14.5. The molecule has 1 aromatic heterocycles. The van der Waals surface area contributed by atoms with Crippen LogP contribution in [0.15, 0.2) is 54.7 Å². The Morgan fingerprint density at radius 2 is 1.76 bits per heavy atom. The highest BCUT2D eigenvalue weighted by atomic mass is 35.5. The molecule has 42 heavy (non-hydrogen) atoms. The van der Waals surface area contributed by atoms with E-state index in [0.717, 1.165) is 43.7 Å². The average molecular weight is 633 g/mol. The molecule has 3 aromatic rings. The van der Waals surface area contributed by atoms with Crippen LogP contribution < -0.4 is 16.0 Å². The van der Waals surface area contributed by atoms with E-state index >= 15 is 0 Å². The number of amides is 3. The van der Waals surface area contributed by atoms with Gasteiger partial charge in [-0.15, -0.1) is 0 Å². The van der Waals surface area contributed by atoms with Crippen molar-refractivity contribution in [2.45, 2.75) is 25.4 Å². The van der Waals surface area contributed by atoms with E-state index in [2.05, 4.69) is 31.0 Å². The van der Waals surface area contributed by atoms with Crippen LogP contribution in [-0.4, -0.2) is 77.5 Å². The van der Waals surface area contributed by atoms with E-state index in [0.29, 0.717) is 11.6 Å². The van der Waals surface area contributed by atoms with Crippen molar-refractivity contribution in [1.82, 2.24) is 25.3 Å². The Hall–Kier alpha value is -3.41. The van der Waals surface area contributed by atoms with Gasteiger partial charge in [-0.2, -0.15) is 5.10 Å². The van der Waals surface area contributed by atoms with E-state index in [1.807, 2.05) is 49.3 Å². The number of nitrogens with zero attached hydrogens (tertiary/aromatic N) is 3. The number of aromatic amines is 1. The van der Waals surface area contributed by atoms with Gasteiger partial charge >= 0.3 is 0 Å². The molecule has 4 rings (SSSR count). The minimum absolute atomic E-state index is 0.0414. The molecule has 1 fully saturated rings. The van der Waals surface area contributed by atoms with Crippen LogP contribution in [0.5, 0.6) is 0 Å². The Kier molecular flexibility index (Phi) is 11.0. The van der Waals surface area contributed by atoms with E-state index in [-0.39, 0.29) is 44.8 Å². The number of halogens is 3. The average Bonchev–Trinajstić information content (AvgIpc) is 3.37. The maximum atomic E-state index is 13.0. The van der Waals surface area contributed by atoms with Gasteiger partial charge in [-0.05, 0) is 56.8 Å². The van der Waals surface area contributed by atoms with Crippen molar-refractivity contribution in [3.8, 4) is 0 Å². The van der Waals surface area contributed by atoms with Gasteiger partial charge in [0.1, 0.15) is 5.69 Å². The van der Waals surface area contributed by atoms with Crippen molar-refractivity contribution < 1.29 is 14.4 Å². The first kappa shape index (κ1) is 31.5. The summed E-state index contributed by atoms with van der Waals surface area (Å²) in [4.78, 5) is 42.3. The molecule has 0 aliphatic carbocycles. The Balaban J connectivity index is 1.27. The summed E-state index contributed by atoms with van der Waals surface area (Å²) in [6, 6.07) is 10.6. The molecule has 2 aromatic carbocycles. The Labute approximate surface area is 259 Å². The van der Waals surface area contributed by atoms with E-state index < -0.39 is 5.91 Å². The van der Waals surface area contributed by atoms with Crippen LogP contribution in [-0.2, 0) is 11.3 Å². The van der Waals surface area contributed by atoms with Gasteiger partial charge in [0.25, 0.3) is 11.8 Å². The summed E-state index contributed by atoms with van der Waals surface area (Å²) in [5.74, 6) is -1.13. The fourth-order valence-corrected chi connectivity index (χ4v) is 5.54. The number of carbonyl (C=O) groups is 3. The predicted octanol–water partition coefficient (Wildman–Crippen LogP) is 5.07. The molecular formula is C29H32Cl3N7O3. The molecule has 1 aliphatic heterocycles. The van der Waals surface area contributed by atoms with Gasteiger partial charge in [-0.3, -0.25) is 24.4 Å². The number of hydrogen-bond donors (Lipinski definition) is 4. The topological polar surface area (TPSA) is 122 Å². The highest BCUT2D eigenvalue weighted by Crippen LogP contribution is 2.30. The van der Waals surface area contributed by atoms with Gasteiger partial charge in [0.2, 0.25) is 5.91 Å². The number of anilines is 2. The maximum Gasteiger partial charge on any atom is 0.271 e. The lowest BCUT2D eigenvalue weighted by atomic mass is 10.0. The summed E-state index contributed by atoms with van der Waals surface area (Å²) >= 11 is 18.3. The van der Waals surface area contributed by atoms with Crippen LogP contribution >= 0.6 is 34.8 Å². The lowest BCUT2D eigenvalue weighted by Crippen LogP contribution is -2.44. The fraction of sp³-hybridized carbons (Fsp3) is 0.310. The number of hydrogen-bond acceptors (Lipinski definition) is 6. The number of carbonyl (C=O) groups excluding carboxylic acids is 3. The largest absolute Gasteiger partial charge is 0.348 e. The first-order valence-electron chi connectivity index (χ1n) is 13.3. The third kappa shape index (κ3) is 8.80. The number of rotatable bonds is 10. The van der Waals surface area contributed by atoms with Gasteiger partial charge in [-0.1, -0.05) is 53.0 Å². The predicted molar refractivity (Wildman–Crippen MR) is 167 cm³/mol. The van der Waals surface area contributed by atoms with Crippen LogP contribution in [0.1, 0.15) is 39.3 Å². The molecule has 0 atom stereocenters. The van der Waals surface area contributed by atoms with Crippen molar-refractivity contribution in [2.75, 3.05) is 44.4 Å². The fourth-order valence-electron chi connectivity index (χ4n) is 4.55. The Morgan fingerprint density at radius 3 is 2.45 bits per heavy atom. The minimum Gasteiger partial charge on any atom is -0.348 e. The minimum atomic E-state index is -0.588. The Morgan fingerprint density at radius 1 is 1.05 bits per heavy atom. The van der Waals surface area contributed by atoms with Gasteiger partial charge in [-0.25, -0.2) is 0 Å². The third-order valence-corrected chi connectivity index (χ3v) is 7.43. The second-order valence-electron chi connectivity index (χ2n) is 10.2. The molecule has 4 N–H and O–H groups in total. The molecule has 0 unspecified atom stereocenters. The van der Waals surface area contributed by atoms with Crippen LogP contribution in [0.25, 0.3) is 0 Å². The molecule has 0 spiro atoms. The number of likely N-dealkylation sites (N-methyl/N-ethyl adjacent to an activating group) is 1. The third-order valence-electron chi connectivity index (χ3n) is 6.61. The van der Waals surface area contributed by atoms with E-state index in [4.69, 9.17) is 34.8 Å². The molecule has 1 aliphatic rings. The zero-order chi connectivity index (χ0) is 30.2. The number of likely N-dealkylation sites (tertiary alicyclic amines) is 1. The molecule has 0 saturated carbocycles. The standard InChI is InChI=1S/C29H32Cl3N7O3/c1-38(2)10-4-7-25(40)34-21-6-3-5-18(13-21)17-39-11-8-20(9-12-39)35-29(42)27-24(16-33-37-27)36-28(41)26-22(31)14-19(30)15-23(26)32/h3-7,13-16,20H,8-12,17H2,1-2H3,(H,33,37)(H,34,40)(H,35,42)(H,36,41). The van der Waals surface area contributed by atoms with Crippen LogP contribution in [0, 0.1) is 0 Å². The quantitative estimate of drug-likeness (QED) is 0.232. The summed E-state index contributed by atoms with van der Waals surface area (Å²) < 4.78 is 0. The summed E-state index contributed by atoms with van der Waals surface area (Å²) in [7, 11) is 3.88. The normalized spacial score (nSPS) is 14.3. The van der Waals surface area contributed by atoms with E-state index in [1.165, 1.54) is 24.4 Å². The van der Waals surface area contributed by atoms with Crippen molar-refractivity contribution in [1.29, 1.82) is 0 Å². The van der Waals surface area contributed by atoms with Crippen LogP contribution in [0.4, 0.5) is 11.4 Å². The van der Waals surface area contributed by atoms with Crippen LogP contribution in [0.3, 0.4) is 0 Å². The van der Waals surface area contributed by atoms with Crippen molar-refractivity contribution >= 4 is 63.9 Å². The summed E-state index contributed by atoms with van der Waals surface area (Å²) in [6.45, 7) is 3.00. The molecule has 3 amide bonds. The smallest absolute Gasteiger partial charge is 0.271 e. The van der Waals surface area contributed by atoms with Crippen molar-refractivity contribution in [2.24, 2.45) is 0 Å². The molecule has 222 valence electrons. The molecular weight excluding hydrogens is 601 g/mol. The van der Waals surface area contributed by atoms with Gasteiger partial charge in [0.15, 0.2) is 0 Å². The van der Waals surface area contributed by atoms with Gasteiger partial charge < -0.3 is 20.9 Å². The lowest BCUT2D eigenvalue weighted by Gasteiger charge is -2.32. The highest BCUT2D eigenvalue weighted by molar-refractivity contribution is 6.42. The van der Waals surface area contributed by atoms with Gasteiger partial charge in [0, 0.05) is 49.0 Å². The molecule has 0 radical (unpaired) electrons. The molecule has 1 saturated heterocycles. The summed E-state index contributed by atoms with van der Waals surface area (Å²) in [5.41, 5.74) is 2.22.